The van der Waals surface area contributed by atoms with Crippen molar-refractivity contribution in [3.05, 3.63) is 54.2 Å². The molecule has 0 aliphatic heterocycles. The minimum atomic E-state index is 0.103. The van der Waals surface area contributed by atoms with Crippen LogP contribution in [0.1, 0.15) is 31.3 Å². The second-order valence-electron chi connectivity index (χ2n) is 5.48. The molecule has 2 aromatic heterocycles. The van der Waals surface area contributed by atoms with E-state index < -0.39 is 0 Å². The van der Waals surface area contributed by atoms with Gasteiger partial charge in [-0.25, -0.2) is 0 Å². The Hall–Kier alpha value is -2.34. The van der Waals surface area contributed by atoms with Crippen molar-refractivity contribution < 1.29 is 4.42 Å². The summed E-state index contributed by atoms with van der Waals surface area (Å²) in [5.41, 5.74) is 7.03. The quantitative estimate of drug-likeness (QED) is 0.544. The largest absolute Gasteiger partial charge is 0.468 e. The minimum absolute atomic E-state index is 0.103. The zero-order chi connectivity index (χ0) is 17.2. The Morgan fingerprint density at radius 1 is 1.29 bits per heavy atom. The average molecular weight is 329 g/mol. The minimum Gasteiger partial charge on any atom is -0.468 e. The van der Waals surface area contributed by atoms with Crippen molar-refractivity contribution in [1.29, 1.82) is 0 Å². The van der Waals surface area contributed by atoms with Crippen molar-refractivity contribution in [3.63, 3.8) is 0 Å². The number of nitrogens with two attached hydrogens (primary N) is 1. The number of aromatic nitrogens is 1. The molecule has 0 aliphatic rings. The maximum absolute atomic E-state index is 5.99. The Balaban J connectivity index is 1.88. The predicted octanol–water partition coefficient (Wildman–Crippen LogP) is 2.20. The molecule has 0 saturated heterocycles. The van der Waals surface area contributed by atoms with Crippen LogP contribution in [-0.4, -0.2) is 42.0 Å². The van der Waals surface area contributed by atoms with E-state index in [2.05, 4.69) is 34.0 Å². The van der Waals surface area contributed by atoms with Crippen molar-refractivity contribution in [2.24, 2.45) is 10.7 Å². The third-order valence-corrected chi connectivity index (χ3v) is 3.97. The van der Waals surface area contributed by atoms with Crippen LogP contribution in [0.4, 0.5) is 0 Å². The lowest BCUT2D eigenvalue weighted by Crippen LogP contribution is -2.35. The van der Waals surface area contributed by atoms with Gasteiger partial charge in [-0.15, -0.1) is 0 Å². The molecule has 0 spiro atoms. The van der Waals surface area contributed by atoms with Gasteiger partial charge in [-0.1, -0.05) is 19.9 Å². The highest BCUT2D eigenvalue weighted by Gasteiger charge is 2.20. The molecule has 0 saturated carbocycles. The van der Waals surface area contributed by atoms with Gasteiger partial charge in [0.05, 0.1) is 18.8 Å². The van der Waals surface area contributed by atoms with E-state index in [4.69, 9.17) is 10.2 Å². The molecule has 24 heavy (non-hydrogen) atoms. The first-order valence-corrected chi connectivity index (χ1v) is 8.45. The second-order valence-corrected chi connectivity index (χ2v) is 5.48. The van der Waals surface area contributed by atoms with E-state index in [1.54, 1.807) is 12.5 Å². The summed E-state index contributed by atoms with van der Waals surface area (Å²) in [4.78, 5) is 11.1. The van der Waals surface area contributed by atoms with E-state index in [-0.39, 0.29) is 6.04 Å². The number of hydrogen-bond donors (Lipinski definition) is 2. The lowest BCUT2D eigenvalue weighted by molar-refractivity contribution is 0.198. The van der Waals surface area contributed by atoms with Gasteiger partial charge in [0, 0.05) is 24.9 Å². The van der Waals surface area contributed by atoms with Gasteiger partial charge in [0.2, 0.25) is 0 Å². The smallest absolute Gasteiger partial charge is 0.188 e. The van der Waals surface area contributed by atoms with E-state index in [0.717, 1.165) is 31.0 Å². The highest BCUT2D eigenvalue weighted by Crippen LogP contribution is 2.21. The summed E-state index contributed by atoms with van der Waals surface area (Å²) in [5.74, 6) is 1.37. The Morgan fingerprint density at radius 3 is 2.75 bits per heavy atom. The fraction of sp³-hybridized carbons (Fsp3) is 0.444. The highest BCUT2D eigenvalue weighted by molar-refractivity contribution is 5.77. The Labute approximate surface area is 143 Å². The molecular formula is C18H27N5O. The molecule has 0 aromatic carbocycles. The lowest BCUT2D eigenvalue weighted by Gasteiger charge is -2.26. The van der Waals surface area contributed by atoms with Crippen LogP contribution in [0.5, 0.6) is 0 Å². The predicted molar refractivity (Wildman–Crippen MR) is 96.8 cm³/mol. The number of likely N-dealkylation sites (N-methyl/N-ethyl adjacent to an activating group) is 1. The first kappa shape index (κ1) is 18.0. The number of nitrogens with zero attached hydrogens (tertiary/aromatic N) is 3. The molecule has 0 radical (unpaired) electrons. The molecule has 0 bridgehead atoms. The van der Waals surface area contributed by atoms with Crippen molar-refractivity contribution in [2.75, 3.05) is 26.2 Å². The fourth-order valence-corrected chi connectivity index (χ4v) is 2.64. The molecule has 2 aromatic rings. The summed E-state index contributed by atoms with van der Waals surface area (Å²) in [6.07, 6.45) is 4.31. The molecule has 0 fully saturated rings. The van der Waals surface area contributed by atoms with Crippen molar-refractivity contribution in [1.82, 2.24) is 15.2 Å². The molecule has 2 rings (SSSR count). The summed E-state index contributed by atoms with van der Waals surface area (Å²) in [7, 11) is 0. The van der Waals surface area contributed by atoms with Crippen LogP contribution >= 0.6 is 0 Å². The second kappa shape index (κ2) is 9.72. The monoisotopic (exact) mass is 329 g/mol. The van der Waals surface area contributed by atoms with Crippen molar-refractivity contribution in [3.8, 4) is 0 Å². The SMILES string of the molecule is CCN(CC)C(CN=C(N)NCCc1ccccn1)c1ccco1. The molecule has 3 N–H and O–H groups in total. The van der Waals surface area contributed by atoms with Crippen LogP contribution in [0.15, 0.2) is 52.2 Å². The zero-order valence-corrected chi connectivity index (χ0v) is 14.5. The van der Waals surface area contributed by atoms with Crippen LogP contribution in [0, 0.1) is 0 Å². The molecule has 1 unspecified atom stereocenters. The maximum atomic E-state index is 5.99. The zero-order valence-electron chi connectivity index (χ0n) is 14.5. The van der Waals surface area contributed by atoms with Gasteiger partial charge in [-0.3, -0.25) is 14.9 Å². The van der Waals surface area contributed by atoms with Gasteiger partial charge in [-0.05, 0) is 37.4 Å². The number of nitrogens with one attached hydrogen (secondary N) is 1. The van der Waals surface area contributed by atoms with Crippen molar-refractivity contribution >= 4 is 5.96 Å². The van der Waals surface area contributed by atoms with E-state index in [1.807, 2.05) is 30.3 Å². The Kier molecular flexibility index (Phi) is 7.29. The molecule has 130 valence electrons. The van der Waals surface area contributed by atoms with E-state index in [9.17, 15) is 0 Å². The topological polar surface area (TPSA) is 79.7 Å². The molecule has 1 atom stereocenters. The molecule has 0 aliphatic carbocycles. The molecule has 6 nitrogen and oxygen atoms in total. The van der Waals surface area contributed by atoms with Crippen LogP contribution in [0.2, 0.25) is 0 Å². The van der Waals surface area contributed by atoms with Crippen LogP contribution < -0.4 is 11.1 Å². The summed E-state index contributed by atoms with van der Waals surface area (Å²) in [5, 5.41) is 3.15. The summed E-state index contributed by atoms with van der Waals surface area (Å²) < 4.78 is 5.57. The Morgan fingerprint density at radius 2 is 2.12 bits per heavy atom. The summed E-state index contributed by atoms with van der Waals surface area (Å²) in [6.45, 7) is 7.42. The van der Waals surface area contributed by atoms with Gasteiger partial charge < -0.3 is 15.5 Å². The molecule has 0 amide bonds. The van der Waals surface area contributed by atoms with Gasteiger partial charge in [0.1, 0.15) is 5.76 Å². The summed E-state index contributed by atoms with van der Waals surface area (Å²) >= 11 is 0. The average Bonchev–Trinajstić information content (AvgIpc) is 3.14. The molecule has 2 heterocycles. The van der Waals surface area contributed by atoms with E-state index >= 15 is 0 Å². The first-order valence-electron chi connectivity index (χ1n) is 8.45. The molecule has 6 heteroatoms. The van der Waals surface area contributed by atoms with Crippen LogP contribution in [-0.2, 0) is 6.42 Å². The summed E-state index contributed by atoms with van der Waals surface area (Å²) in [6, 6.07) is 9.90. The van der Waals surface area contributed by atoms with Crippen LogP contribution in [0.3, 0.4) is 0 Å². The number of rotatable bonds is 9. The number of aliphatic imine (C=N–C) groups is 1. The number of hydrogen-bond acceptors (Lipinski definition) is 4. The first-order chi connectivity index (χ1) is 11.7. The Bertz CT molecular complexity index is 593. The number of guanidine groups is 1. The fourth-order valence-electron chi connectivity index (χ4n) is 2.64. The number of pyridine rings is 1. The standard InChI is InChI=1S/C18H27N5O/c1-3-23(4-2)16(17-9-7-13-24-17)14-22-18(19)21-12-10-15-8-5-6-11-20-15/h5-9,11,13,16H,3-4,10,12,14H2,1-2H3,(H3,19,21,22). The molecular weight excluding hydrogens is 302 g/mol. The van der Waals surface area contributed by atoms with Crippen LogP contribution in [0.25, 0.3) is 0 Å². The number of furan rings is 1. The highest BCUT2D eigenvalue weighted by atomic mass is 16.3. The van der Waals surface area contributed by atoms with Crippen molar-refractivity contribution in [2.45, 2.75) is 26.3 Å². The third-order valence-electron chi connectivity index (χ3n) is 3.97. The van der Waals surface area contributed by atoms with Gasteiger partial charge in [-0.2, -0.15) is 0 Å². The van der Waals surface area contributed by atoms with E-state index in [1.165, 1.54) is 0 Å². The lowest BCUT2D eigenvalue weighted by atomic mass is 10.2. The third kappa shape index (κ3) is 5.38. The normalized spacial score (nSPS) is 13.2. The van der Waals surface area contributed by atoms with Gasteiger partial charge >= 0.3 is 0 Å². The van der Waals surface area contributed by atoms with Gasteiger partial charge in [0.15, 0.2) is 5.96 Å². The maximum Gasteiger partial charge on any atom is 0.188 e. The van der Waals surface area contributed by atoms with Gasteiger partial charge in [0.25, 0.3) is 0 Å². The van der Waals surface area contributed by atoms with E-state index in [0.29, 0.717) is 19.0 Å².